The smallest absolute Gasteiger partial charge is 0.208 e. The molecular formula is C8H12N2OS. The zero-order valence-corrected chi connectivity index (χ0v) is 8.10. The minimum absolute atomic E-state index is 0.106. The van der Waals surface area contributed by atoms with E-state index < -0.39 is 0 Å². The zero-order chi connectivity index (χ0) is 8.97. The molecule has 0 aliphatic heterocycles. The summed E-state index contributed by atoms with van der Waals surface area (Å²) in [7, 11) is 0. The van der Waals surface area contributed by atoms with E-state index in [1.807, 2.05) is 23.9 Å². The van der Waals surface area contributed by atoms with Crippen molar-refractivity contribution in [3.63, 3.8) is 0 Å². The van der Waals surface area contributed by atoms with Crippen molar-refractivity contribution in [1.29, 1.82) is 0 Å². The Balaban J connectivity index is 2.79. The van der Waals surface area contributed by atoms with Crippen LogP contribution in [0.4, 0.5) is 0 Å². The van der Waals surface area contributed by atoms with Crippen LogP contribution >= 0.6 is 11.8 Å². The Morgan fingerprint density at radius 2 is 2.50 bits per heavy atom. The SMILES string of the molecule is CCn1ccnc1C(=O)CSC. The predicted octanol–water partition coefficient (Wildman–Crippen LogP) is 1.45. The van der Waals surface area contributed by atoms with E-state index in [9.17, 15) is 4.79 Å². The monoisotopic (exact) mass is 184 g/mol. The first-order valence-corrected chi connectivity index (χ1v) is 5.22. The number of imidazole rings is 1. The van der Waals surface area contributed by atoms with Gasteiger partial charge in [-0.3, -0.25) is 4.79 Å². The van der Waals surface area contributed by atoms with Crippen LogP contribution in [0.25, 0.3) is 0 Å². The lowest BCUT2D eigenvalue weighted by molar-refractivity contribution is 0.100. The first-order valence-electron chi connectivity index (χ1n) is 3.82. The molecule has 0 saturated heterocycles. The standard InChI is InChI=1S/C8H12N2OS/c1-3-10-5-4-9-8(10)7(11)6-12-2/h4-5H,3,6H2,1-2H3. The quantitative estimate of drug-likeness (QED) is 0.664. The minimum Gasteiger partial charge on any atom is -0.329 e. The molecule has 0 spiro atoms. The van der Waals surface area contributed by atoms with Gasteiger partial charge in [0.15, 0.2) is 5.82 Å². The molecule has 0 aromatic carbocycles. The predicted molar refractivity (Wildman–Crippen MR) is 50.6 cm³/mol. The maximum atomic E-state index is 11.4. The molecule has 1 aromatic heterocycles. The van der Waals surface area contributed by atoms with Gasteiger partial charge < -0.3 is 4.57 Å². The van der Waals surface area contributed by atoms with Crippen LogP contribution in [0, 0.1) is 0 Å². The van der Waals surface area contributed by atoms with E-state index in [1.54, 1.807) is 6.20 Å². The van der Waals surface area contributed by atoms with Crippen LogP contribution in [0.2, 0.25) is 0 Å². The van der Waals surface area contributed by atoms with Crippen molar-refractivity contribution < 1.29 is 4.79 Å². The molecule has 0 saturated carbocycles. The first kappa shape index (κ1) is 9.32. The Morgan fingerprint density at radius 1 is 1.75 bits per heavy atom. The van der Waals surface area contributed by atoms with Crippen molar-refractivity contribution in [1.82, 2.24) is 9.55 Å². The normalized spacial score (nSPS) is 10.2. The number of nitrogens with zero attached hydrogens (tertiary/aromatic N) is 2. The van der Waals surface area contributed by atoms with Gasteiger partial charge >= 0.3 is 0 Å². The molecule has 66 valence electrons. The van der Waals surface area contributed by atoms with E-state index in [0.29, 0.717) is 11.6 Å². The molecule has 0 bridgehead atoms. The van der Waals surface area contributed by atoms with Gasteiger partial charge in [-0.05, 0) is 13.2 Å². The topological polar surface area (TPSA) is 34.9 Å². The molecule has 0 atom stereocenters. The van der Waals surface area contributed by atoms with Crippen molar-refractivity contribution >= 4 is 17.5 Å². The Kier molecular flexibility index (Phi) is 3.34. The van der Waals surface area contributed by atoms with Gasteiger partial charge in [-0.15, -0.1) is 0 Å². The summed E-state index contributed by atoms with van der Waals surface area (Å²) in [5.41, 5.74) is 0. The molecule has 0 aliphatic rings. The van der Waals surface area contributed by atoms with Gasteiger partial charge in [0, 0.05) is 18.9 Å². The van der Waals surface area contributed by atoms with Gasteiger partial charge in [-0.1, -0.05) is 0 Å². The molecule has 0 N–H and O–H groups in total. The maximum Gasteiger partial charge on any atom is 0.208 e. The van der Waals surface area contributed by atoms with Gasteiger partial charge in [0.2, 0.25) is 5.78 Å². The highest BCUT2D eigenvalue weighted by Gasteiger charge is 2.10. The van der Waals surface area contributed by atoms with Crippen molar-refractivity contribution in [3.05, 3.63) is 18.2 Å². The fourth-order valence-corrected chi connectivity index (χ4v) is 1.40. The second kappa shape index (κ2) is 4.30. The number of rotatable bonds is 4. The molecule has 0 unspecified atom stereocenters. The number of carbonyl (C=O) groups excluding carboxylic acids is 1. The van der Waals surface area contributed by atoms with E-state index in [2.05, 4.69) is 4.98 Å². The molecule has 0 amide bonds. The summed E-state index contributed by atoms with van der Waals surface area (Å²) >= 11 is 1.52. The van der Waals surface area contributed by atoms with Gasteiger partial charge in [0.1, 0.15) is 0 Å². The lowest BCUT2D eigenvalue weighted by Crippen LogP contribution is -2.11. The van der Waals surface area contributed by atoms with Gasteiger partial charge in [-0.25, -0.2) is 4.98 Å². The average Bonchev–Trinajstić information content (AvgIpc) is 2.51. The highest BCUT2D eigenvalue weighted by atomic mass is 32.2. The molecule has 0 fully saturated rings. The Hall–Kier alpha value is -0.770. The number of aromatic nitrogens is 2. The largest absolute Gasteiger partial charge is 0.329 e. The summed E-state index contributed by atoms with van der Waals surface area (Å²) in [6.45, 7) is 2.80. The van der Waals surface area contributed by atoms with Gasteiger partial charge in [-0.2, -0.15) is 11.8 Å². The molecule has 12 heavy (non-hydrogen) atoms. The summed E-state index contributed by atoms with van der Waals surface area (Å²) in [5, 5.41) is 0. The van der Waals surface area contributed by atoms with Crippen molar-refractivity contribution in [3.8, 4) is 0 Å². The summed E-state index contributed by atoms with van der Waals surface area (Å²) in [4.78, 5) is 15.4. The third-order valence-corrected chi connectivity index (χ3v) is 2.13. The average molecular weight is 184 g/mol. The maximum absolute atomic E-state index is 11.4. The fourth-order valence-electron chi connectivity index (χ4n) is 1.01. The number of thioether (sulfide) groups is 1. The van der Waals surface area contributed by atoms with Crippen LogP contribution in [0.5, 0.6) is 0 Å². The van der Waals surface area contributed by atoms with E-state index in [-0.39, 0.29) is 5.78 Å². The number of Topliss-reactive ketones (excluding diaryl/α,β-unsaturated/α-hetero) is 1. The van der Waals surface area contributed by atoms with Crippen LogP contribution in [0.15, 0.2) is 12.4 Å². The molecule has 1 heterocycles. The molecule has 0 aliphatic carbocycles. The lowest BCUT2D eigenvalue weighted by atomic mass is 10.4. The van der Waals surface area contributed by atoms with E-state index in [1.165, 1.54) is 11.8 Å². The third-order valence-electron chi connectivity index (χ3n) is 1.58. The molecule has 1 aromatic rings. The van der Waals surface area contributed by atoms with Crippen LogP contribution < -0.4 is 0 Å². The van der Waals surface area contributed by atoms with E-state index in [4.69, 9.17) is 0 Å². The number of ketones is 1. The first-order chi connectivity index (χ1) is 5.79. The van der Waals surface area contributed by atoms with Gasteiger partial charge in [0.05, 0.1) is 5.75 Å². The van der Waals surface area contributed by atoms with Crippen LogP contribution in [-0.2, 0) is 6.54 Å². The zero-order valence-electron chi connectivity index (χ0n) is 7.28. The van der Waals surface area contributed by atoms with E-state index in [0.717, 1.165) is 6.54 Å². The molecule has 4 heteroatoms. The van der Waals surface area contributed by atoms with Crippen LogP contribution in [0.3, 0.4) is 0 Å². The molecular weight excluding hydrogens is 172 g/mol. The summed E-state index contributed by atoms with van der Waals surface area (Å²) in [6, 6.07) is 0. The summed E-state index contributed by atoms with van der Waals surface area (Å²) < 4.78 is 1.86. The highest BCUT2D eigenvalue weighted by molar-refractivity contribution is 7.99. The van der Waals surface area contributed by atoms with Crippen LogP contribution in [-0.4, -0.2) is 27.3 Å². The molecule has 3 nitrogen and oxygen atoms in total. The van der Waals surface area contributed by atoms with Gasteiger partial charge in [0.25, 0.3) is 0 Å². The second-order valence-corrected chi connectivity index (χ2v) is 3.26. The number of carbonyl (C=O) groups is 1. The number of hydrogen-bond donors (Lipinski definition) is 0. The summed E-state index contributed by atoms with van der Waals surface area (Å²) in [5.74, 6) is 1.19. The van der Waals surface area contributed by atoms with Crippen molar-refractivity contribution in [2.24, 2.45) is 0 Å². The van der Waals surface area contributed by atoms with Crippen LogP contribution in [0.1, 0.15) is 17.5 Å². The third kappa shape index (κ3) is 1.88. The van der Waals surface area contributed by atoms with Crippen molar-refractivity contribution in [2.75, 3.05) is 12.0 Å². The Bertz CT molecular complexity index is 270. The molecule has 0 radical (unpaired) electrons. The van der Waals surface area contributed by atoms with E-state index >= 15 is 0 Å². The Morgan fingerprint density at radius 3 is 3.08 bits per heavy atom. The second-order valence-electron chi connectivity index (χ2n) is 2.39. The minimum atomic E-state index is 0.106. The van der Waals surface area contributed by atoms with Crippen molar-refractivity contribution in [2.45, 2.75) is 13.5 Å². The highest BCUT2D eigenvalue weighted by Crippen LogP contribution is 2.02. The summed E-state index contributed by atoms with van der Waals surface area (Å²) in [6.07, 6.45) is 5.40. The number of hydrogen-bond acceptors (Lipinski definition) is 3. The Labute approximate surface area is 76.2 Å². The fraction of sp³-hybridized carbons (Fsp3) is 0.500. The lowest BCUT2D eigenvalue weighted by Gasteiger charge is -2.01. The molecule has 1 rings (SSSR count). The number of aryl methyl sites for hydroxylation is 1.